The lowest BCUT2D eigenvalue weighted by atomic mass is 10.2. The second-order valence-electron chi connectivity index (χ2n) is 3.94. The quantitative estimate of drug-likeness (QED) is 0.846. The average molecular weight is 298 g/mol. The lowest BCUT2D eigenvalue weighted by molar-refractivity contribution is -0.137. The predicted molar refractivity (Wildman–Crippen MR) is 60.9 cm³/mol. The minimum atomic E-state index is -4.52. The third-order valence-corrected chi connectivity index (χ3v) is 3.57. The fourth-order valence-electron chi connectivity index (χ4n) is 1.21. The molecule has 0 saturated heterocycles. The van der Waals surface area contributed by atoms with Crippen LogP contribution in [-0.4, -0.2) is 26.2 Å². The second-order valence-corrected chi connectivity index (χ2v) is 5.55. The molecule has 1 aromatic rings. The molecule has 0 fully saturated rings. The first-order valence-corrected chi connectivity index (χ1v) is 6.78. The minimum Gasteiger partial charge on any atom is -0.393 e. The van der Waals surface area contributed by atoms with E-state index in [1.54, 1.807) is 0 Å². The molecule has 0 aliphatic rings. The van der Waals surface area contributed by atoms with Crippen molar-refractivity contribution in [1.82, 2.24) is 0 Å². The SMILES string of the molecule is CC(O)CCOS(=O)(=O)c1ccc(C(F)(F)F)cc1. The molecular formula is C11H13F3O4S. The summed E-state index contributed by atoms with van der Waals surface area (Å²) in [4.78, 5) is -0.355. The van der Waals surface area contributed by atoms with Crippen LogP contribution in [0.25, 0.3) is 0 Å². The van der Waals surface area contributed by atoms with Crippen LogP contribution >= 0.6 is 0 Å². The predicted octanol–water partition coefficient (Wildman–Crippen LogP) is 2.18. The van der Waals surface area contributed by atoms with Crippen LogP contribution in [0, 0.1) is 0 Å². The van der Waals surface area contributed by atoms with E-state index in [2.05, 4.69) is 4.18 Å². The number of benzene rings is 1. The fraction of sp³-hybridized carbons (Fsp3) is 0.455. The number of hydrogen-bond donors (Lipinski definition) is 1. The van der Waals surface area contributed by atoms with E-state index in [4.69, 9.17) is 5.11 Å². The molecule has 108 valence electrons. The first-order valence-electron chi connectivity index (χ1n) is 5.37. The molecule has 0 saturated carbocycles. The first-order chi connectivity index (χ1) is 8.63. The van der Waals surface area contributed by atoms with Crippen LogP contribution in [-0.2, 0) is 20.5 Å². The lowest BCUT2D eigenvalue weighted by Gasteiger charge is -2.09. The van der Waals surface area contributed by atoms with Gasteiger partial charge in [0, 0.05) is 0 Å². The van der Waals surface area contributed by atoms with E-state index in [0.717, 1.165) is 12.1 Å². The molecule has 0 aliphatic carbocycles. The third-order valence-electron chi connectivity index (χ3n) is 2.24. The minimum absolute atomic E-state index is 0.111. The Morgan fingerprint density at radius 1 is 1.26 bits per heavy atom. The fourth-order valence-corrected chi connectivity index (χ4v) is 2.13. The summed E-state index contributed by atoms with van der Waals surface area (Å²) in [6.45, 7) is 1.23. The van der Waals surface area contributed by atoms with Crippen LogP contribution in [0.15, 0.2) is 29.2 Å². The monoisotopic (exact) mass is 298 g/mol. The molecule has 1 N–H and O–H groups in total. The molecule has 0 amide bonds. The van der Waals surface area contributed by atoms with Crippen molar-refractivity contribution >= 4 is 10.1 Å². The maximum absolute atomic E-state index is 12.3. The number of hydrogen-bond acceptors (Lipinski definition) is 4. The summed E-state index contributed by atoms with van der Waals surface area (Å²) in [5.41, 5.74) is -0.935. The molecule has 0 radical (unpaired) electrons. The van der Waals surface area contributed by atoms with E-state index < -0.39 is 28.0 Å². The van der Waals surface area contributed by atoms with Crippen molar-refractivity contribution in [2.75, 3.05) is 6.61 Å². The molecule has 0 spiro atoms. The summed E-state index contributed by atoms with van der Waals surface area (Å²) in [7, 11) is -4.10. The van der Waals surface area contributed by atoms with Gasteiger partial charge in [-0.3, -0.25) is 4.18 Å². The van der Waals surface area contributed by atoms with Crippen molar-refractivity contribution in [3.8, 4) is 0 Å². The number of alkyl halides is 3. The van der Waals surface area contributed by atoms with Gasteiger partial charge in [-0.05, 0) is 37.6 Å². The van der Waals surface area contributed by atoms with Crippen LogP contribution < -0.4 is 0 Å². The van der Waals surface area contributed by atoms with E-state index in [0.29, 0.717) is 12.1 Å². The van der Waals surface area contributed by atoms with Crippen LogP contribution in [0.3, 0.4) is 0 Å². The summed E-state index contributed by atoms with van der Waals surface area (Å²) < 4.78 is 64.7. The van der Waals surface area contributed by atoms with Gasteiger partial charge in [0.05, 0.1) is 23.2 Å². The smallest absolute Gasteiger partial charge is 0.393 e. The Bertz CT molecular complexity index is 506. The molecule has 1 atom stereocenters. The van der Waals surface area contributed by atoms with Crippen molar-refractivity contribution < 1.29 is 30.9 Å². The average Bonchev–Trinajstić information content (AvgIpc) is 2.27. The standard InChI is InChI=1S/C11H13F3O4S/c1-8(15)6-7-18-19(16,17)10-4-2-9(3-5-10)11(12,13)14/h2-5,8,15H,6-7H2,1H3. The summed E-state index contributed by atoms with van der Waals surface area (Å²) in [6, 6.07) is 3.01. The highest BCUT2D eigenvalue weighted by Crippen LogP contribution is 2.29. The van der Waals surface area contributed by atoms with Crippen molar-refractivity contribution in [2.24, 2.45) is 0 Å². The van der Waals surface area contributed by atoms with Gasteiger partial charge in [0.25, 0.3) is 10.1 Å². The highest BCUT2D eigenvalue weighted by molar-refractivity contribution is 7.86. The summed E-state index contributed by atoms with van der Waals surface area (Å²) in [6.07, 6.45) is -5.13. The largest absolute Gasteiger partial charge is 0.416 e. The van der Waals surface area contributed by atoms with Gasteiger partial charge in [-0.15, -0.1) is 0 Å². The number of rotatable bonds is 5. The Labute approximate surface area is 108 Å². The van der Waals surface area contributed by atoms with Gasteiger partial charge >= 0.3 is 6.18 Å². The van der Waals surface area contributed by atoms with Gasteiger partial charge < -0.3 is 5.11 Å². The third kappa shape index (κ3) is 4.81. The molecule has 4 nitrogen and oxygen atoms in total. The molecule has 1 aromatic carbocycles. The van der Waals surface area contributed by atoms with Crippen LogP contribution in [0.4, 0.5) is 13.2 Å². The van der Waals surface area contributed by atoms with E-state index in [-0.39, 0.29) is 17.9 Å². The van der Waals surface area contributed by atoms with Gasteiger partial charge in [0.1, 0.15) is 0 Å². The van der Waals surface area contributed by atoms with Crippen molar-refractivity contribution in [3.05, 3.63) is 29.8 Å². The van der Waals surface area contributed by atoms with Gasteiger partial charge in [0.15, 0.2) is 0 Å². The molecule has 0 aromatic heterocycles. The van der Waals surface area contributed by atoms with Gasteiger partial charge in [-0.2, -0.15) is 21.6 Å². The Morgan fingerprint density at radius 3 is 2.21 bits per heavy atom. The topological polar surface area (TPSA) is 63.6 Å². The van der Waals surface area contributed by atoms with E-state index in [9.17, 15) is 21.6 Å². The second kappa shape index (κ2) is 5.89. The Kier molecular flexibility index (Phi) is 4.94. The molecule has 0 heterocycles. The molecule has 1 unspecified atom stereocenters. The maximum Gasteiger partial charge on any atom is 0.416 e. The molecule has 0 aliphatic heterocycles. The van der Waals surface area contributed by atoms with Crippen molar-refractivity contribution in [1.29, 1.82) is 0 Å². The van der Waals surface area contributed by atoms with Crippen LogP contribution in [0.1, 0.15) is 18.9 Å². The normalized spacial score (nSPS) is 14.4. The van der Waals surface area contributed by atoms with Gasteiger partial charge in [0.2, 0.25) is 0 Å². The Balaban J connectivity index is 2.80. The number of halogens is 3. The molecule has 19 heavy (non-hydrogen) atoms. The maximum atomic E-state index is 12.3. The van der Waals surface area contributed by atoms with Gasteiger partial charge in [-0.25, -0.2) is 0 Å². The zero-order chi connectivity index (χ0) is 14.7. The number of aliphatic hydroxyl groups excluding tert-OH is 1. The number of aliphatic hydroxyl groups is 1. The summed E-state index contributed by atoms with van der Waals surface area (Å²) in [5.74, 6) is 0. The molecule has 0 bridgehead atoms. The first kappa shape index (κ1) is 15.9. The van der Waals surface area contributed by atoms with Crippen molar-refractivity contribution in [3.63, 3.8) is 0 Å². The zero-order valence-electron chi connectivity index (χ0n) is 10.0. The highest BCUT2D eigenvalue weighted by Gasteiger charge is 2.30. The highest BCUT2D eigenvalue weighted by atomic mass is 32.2. The summed E-state index contributed by atoms with van der Waals surface area (Å²) in [5, 5.41) is 8.95. The van der Waals surface area contributed by atoms with E-state index >= 15 is 0 Å². The summed E-state index contributed by atoms with van der Waals surface area (Å²) >= 11 is 0. The van der Waals surface area contributed by atoms with Gasteiger partial charge in [-0.1, -0.05) is 0 Å². The van der Waals surface area contributed by atoms with E-state index in [1.807, 2.05) is 0 Å². The van der Waals surface area contributed by atoms with Crippen molar-refractivity contribution in [2.45, 2.75) is 30.5 Å². The molecular weight excluding hydrogens is 285 g/mol. The lowest BCUT2D eigenvalue weighted by Crippen LogP contribution is -2.12. The van der Waals surface area contributed by atoms with Crippen LogP contribution in [0.2, 0.25) is 0 Å². The molecule has 1 rings (SSSR count). The van der Waals surface area contributed by atoms with E-state index in [1.165, 1.54) is 6.92 Å². The Morgan fingerprint density at radius 2 is 1.79 bits per heavy atom. The zero-order valence-corrected chi connectivity index (χ0v) is 10.8. The Hall–Kier alpha value is -1.12. The van der Waals surface area contributed by atoms with Crippen LogP contribution in [0.5, 0.6) is 0 Å². The molecule has 8 heteroatoms.